The summed E-state index contributed by atoms with van der Waals surface area (Å²) in [6, 6.07) is 7.92. The smallest absolute Gasteiger partial charge is 0.208 e. The summed E-state index contributed by atoms with van der Waals surface area (Å²) in [5.74, 6) is 2.15. The van der Waals surface area contributed by atoms with Crippen LogP contribution in [0.2, 0.25) is 0 Å². The summed E-state index contributed by atoms with van der Waals surface area (Å²) in [6.45, 7) is 1.95. The summed E-state index contributed by atoms with van der Waals surface area (Å²) in [7, 11) is 0. The van der Waals surface area contributed by atoms with E-state index in [9.17, 15) is 4.79 Å². The van der Waals surface area contributed by atoms with Gasteiger partial charge in [0, 0.05) is 28.6 Å². The van der Waals surface area contributed by atoms with Gasteiger partial charge in [0.1, 0.15) is 5.82 Å². The summed E-state index contributed by atoms with van der Waals surface area (Å²) >= 11 is 1.41. The standard InChI is InChI=1S/C19H22N4OS/c1-12-18(14-8-4-5-9-15(14)20-12)16(24)11-25-19-21-17(22-23-19)10-13-6-2-3-7-13/h4-5,8-9,13,20H,2-3,6-7,10-11H2,1H3,(H,21,22,23). The van der Waals surface area contributed by atoms with Crippen LogP contribution in [0.3, 0.4) is 0 Å². The van der Waals surface area contributed by atoms with E-state index in [1.165, 1.54) is 37.4 Å². The van der Waals surface area contributed by atoms with Gasteiger partial charge < -0.3 is 4.98 Å². The van der Waals surface area contributed by atoms with Gasteiger partial charge in [0.15, 0.2) is 5.78 Å². The van der Waals surface area contributed by atoms with Crippen molar-refractivity contribution in [2.45, 2.75) is 44.2 Å². The van der Waals surface area contributed by atoms with Crippen LogP contribution in [0.25, 0.3) is 10.9 Å². The van der Waals surface area contributed by atoms with Crippen molar-refractivity contribution in [3.63, 3.8) is 0 Å². The molecule has 0 unspecified atom stereocenters. The lowest BCUT2D eigenvalue weighted by atomic mass is 10.0. The number of aromatic nitrogens is 4. The Bertz CT molecular complexity index is 892. The zero-order chi connectivity index (χ0) is 17.2. The van der Waals surface area contributed by atoms with E-state index in [0.29, 0.717) is 10.9 Å². The van der Waals surface area contributed by atoms with E-state index in [1.54, 1.807) is 0 Å². The quantitative estimate of drug-likeness (QED) is 0.511. The minimum absolute atomic E-state index is 0.113. The fourth-order valence-corrected chi connectivity index (χ4v) is 4.45. The zero-order valence-corrected chi connectivity index (χ0v) is 15.2. The van der Waals surface area contributed by atoms with Crippen LogP contribution in [0.4, 0.5) is 0 Å². The van der Waals surface area contributed by atoms with E-state index in [2.05, 4.69) is 20.2 Å². The van der Waals surface area contributed by atoms with E-state index in [0.717, 1.165) is 40.3 Å². The molecule has 0 bridgehead atoms. The largest absolute Gasteiger partial charge is 0.358 e. The molecule has 5 nitrogen and oxygen atoms in total. The number of fused-ring (bicyclic) bond motifs is 1. The number of carbonyl (C=O) groups excluding carboxylic acids is 1. The normalized spacial score (nSPS) is 15.2. The van der Waals surface area contributed by atoms with Gasteiger partial charge in [0.25, 0.3) is 0 Å². The molecule has 0 aliphatic heterocycles. The first kappa shape index (κ1) is 16.4. The monoisotopic (exact) mass is 354 g/mol. The van der Waals surface area contributed by atoms with Gasteiger partial charge >= 0.3 is 0 Å². The van der Waals surface area contributed by atoms with Crippen molar-refractivity contribution in [2.75, 3.05) is 5.75 Å². The van der Waals surface area contributed by atoms with E-state index in [-0.39, 0.29) is 5.78 Å². The van der Waals surface area contributed by atoms with Crippen LogP contribution in [-0.4, -0.2) is 31.7 Å². The molecule has 6 heteroatoms. The lowest BCUT2D eigenvalue weighted by molar-refractivity contribution is 0.102. The van der Waals surface area contributed by atoms with Gasteiger partial charge in [-0.3, -0.25) is 9.89 Å². The number of nitrogens with zero attached hydrogens (tertiary/aromatic N) is 2. The number of carbonyl (C=O) groups is 1. The van der Waals surface area contributed by atoms with Crippen LogP contribution >= 0.6 is 11.8 Å². The maximum absolute atomic E-state index is 12.7. The Morgan fingerprint density at radius 3 is 2.92 bits per heavy atom. The second-order valence-corrected chi connectivity index (χ2v) is 7.74. The molecule has 0 radical (unpaired) electrons. The Morgan fingerprint density at radius 2 is 2.08 bits per heavy atom. The number of ketones is 1. The fourth-order valence-electron chi connectivity index (χ4n) is 3.76. The molecule has 1 aliphatic rings. The molecule has 1 aromatic carbocycles. The Kier molecular flexibility index (Phi) is 4.61. The average molecular weight is 354 g/mol. The zero-order valence-electron chi connectivity index (χ0n) is 14.3. The Hall–Kier alpha value is -2.08. The molecule has 4 rings (SSSR count). The maximum atomic E-state index is 12.7. The lowest BCUT2D eigenvalue weighted by Gasteiger charge is -2.04. The van der Waals surface area contributed by atoms with Crippen molar-refractivity contribution in [3.8, 4) is 0 Å². The average Bonchev–Trinajstić information content (AvgIpc) is 3.32. The molecule has 2 aromatic heterocycles. The van der Waals surface area contributed by atoms with E-state index in [4.69, 9.17) is 0 Å². The van der Waals surface area contributed by atoms with Crippen molar-refractivity contribution >= 4 is 28.4 Å². The molecular formula is C19H22N4OS. The predicted molar refractivity (Wildman–Crippen MR) is 100 cm³/mol. The van der Waals surface area contributed by atoms with Crippen LogP contribution in [-0.2, 0) is 6.42 Å². The van der Waals surface area contributed by atoms with Gasteiger partial charge in [0.2, 0.25) is 5.16 Å². The number of Topliss-reactive ketones (excluding diaryl/α,β-unsaturated/α-hetero) is 1. The van der Waals surface area contributed by atoms with Gasteiger partial charge in [-0.15, -0.1) is 5.10 Å². The summed E-state index contributed by atoms with van der Waals surface area (Å²) in [5, 5.41) is 8.95. The summed E-state index contributed by atoms with van der Waals surface area (Å²) in [4.78, 5) is 20.5. The lowest BCUT2D eigenvalue weighted by Crippen LogP contribution is -2.04. The number of nitrogens with one attached hydrogen (secondary N) is 2. The number of para-hydroxylation sites is 1. The number of benzene rings is 1. The van der Waals surface area contributed by atoms with Gasteiger partial charge in [-0.2, -0.15) is 0 Å². The second kappa shape index (κ2) is 7.04. The van der Waals surface area contributed by atoms with Gasteiger partial charge in [-0.25, -0.2) is 4.98 Å². The topological polar surface area (TPSA) is 74.4 Å². The third kappa shape index (κ3) is 3.49. The predicted octanol–water partition coefficient (Wildman–Crippen LogP) is 4.30. The second-order valence-electron chi connectivity index (χ2n) is 6.80. The van der Waals surface area contributed by atoms with E-state index >= 15 is 0 Å². The highest BCUT2D eigenvalue weighted by Gasteiger charge is 2.19. The number of hydrogen-bond acceptors (Lipinski definition) is 4. The first-order chi connectivity index (χ1) is 12.2. The summed E-state index contributed by atoms with van der Waals surface area (Å²) in [6.07, 6.45) is 6.23. The highest BCUT2D eigenvalue weighted by molar-refractivity contribution is 7.99. The van der Waals surface area contributed by atoms with Crippen LogP contribution in [0, 0.1) is 12.8 Å². The van der Waals surface area contributed by atoms with Crippen molar-refractivity contribution < 1.29 is 4.79 Å². The minimum atomic E-state index is 0.113. The van der Waals surface area contributed by atoms with Crippen LogP contribution in [0.1, 0.15) is 47.6 Å². The third-order valence-corrected chi connectivity index (χ3v) is 5.82. The molecule has 25 heavy (non-hydrogen) atoms. The molecule has 3 aromatic rings. The highest BCUT2D eigenvalue weighted by atomic mass is 32.2. The van der Waals surface area contributed by atoms with E-state index < -0.39 is 0 Å². The molecule has 0 saturated heterocycles. The minimum Gasteiger partial charge on any atom is -0.358 e. The number of aromatic amines is 2. The molecule has 0 amide bonds. The highest BCUT2D eigenvalue weighted by Crippen LogP contribution is 2.28. The van der Waals surface area contributed by atoms with E-state index in [1.807, 2.05) is 31.2 Å². The molecule has 0 atom stereocenters. The molecule has 0 spiro atoms. The Morgan fingerprint density at radius 1 is 1.28 bits per heavy atom. The van der Waals surface area contributed by atoms with Crippen LogP contribution in [0.5, 0.6) is 0 Å². The van der Waals surface area contributed by atoms with Crippen LogP contribution in [0.15, 0.2) is 29.4 Å². The van der Waals surface area contributed by atoms with Crippen molar-refractivity contribution in [1.29, 1.82) is 0 Å². The van der Waals surface area contributed by atoms with Crippen LogP contribution < -0.4 is 0 Å². The third-order valence-electron chi connectivity index (χ3n) is 4.97. The molecule has 130 valence electrons. The molecule has 2 heterocycles. The van der Waals surface area contributed by atoms with Gasteiger partial charge in [0.05, 0.1) is 5.75 Å². The number of H-pyrrole nitrogens is 2. The first-order valence-electron chi connectivity index (χ1n) is 8.85. The number of thioether (sulfide) groups is 1. The number of hydrogen-bond donors (Lipinski definition) is 2. The summed E-state index contributed by atoms with van der Waals surface area (Å²) in [5.41, 5.74) is 2.71. The fraction of sp³-hybridized carbons (Fsp3) is 0.421. The Balaban J connectivity index is 1.41. The van der Waals surface area contributed by atoms with Gasteiger partial charge in [-0.05, 0) is 18.9 Å². The molecule has 1 aliphatic carbocycles. The molecule has 2 N–H and O–H groups in total. The number of aryl methyl sites for hydroxylation is 1. The first-order valence-corrected chi connectivity index (χ1v) is 9.84. The SMILES string of the molecule is Cc1[nH]c2ccccc2c1C(=O)CSc1n[nH]c(CC2CCCC2)n1. The summed E-state index contributed by atoms with van der Waals surface area (Å²) < 4.78 is 0. The molecule has 1 fully saturated rings. The molecule has 1 saturated carbocycles. The molecular weight excluding hydrogens is 332 g/mol. The van der Waals surface area contributed by atoms with Gasteiger partial charge in [-0.1, -0.05) is 55.6 Å². The van der Waals surface area contributed by atoms with Crippen molar-refractivity contribution in [3.05, 3.63) is 41.3 Å². The van der Waals surface area contributed by atoms with Crippen molar-refractivity contribution in [1.82, 2.24) is 20.2 Å². The number of rotatable bonds is 6. The Labute approximate surface area is 151 Å². The maximum Gasteiger partial charge on any atom is 0.208 e. The van der Waals surface area contributed by atoms with Crippen molar-refractivity contribution in [2.24, 2.45) is 5.92 Å².